The zero-order valence-corrected chi connectivity index (χ0v) is 7.74. The minimum absolute atomic E-state index is 0.0598. The predicted molar refractivity (Wildman–Crippen MR) is 49.6 cm³/mol. The summed E-state index contributed by atoms with van der Waals surface area (Å²) in [7, 11) is 0. The molecule has 0 atom stereocenters. The first-order valence-corrected chi connectivity index (χ1v) is 4.46. The first kappa shape index (κ1) is 9.66. The van der Waals surface area contributed by atoms with E-state index in [4.69, 9.17) is 5.21 Å². The molecule has 1 heterocycles. The van der Waals surface area contributed by atoms with E-state index >= 15 is 0 Å². The minimum atomic E-state index is -0.460. The third-order valence-corrected chi connectivity index (χ3v) is 2.60. The molecule has 13 heavy (non-hydrogen) atoms. The van der Waals surface area contributed by atoms with Gasteiger partial charge in [0.2, 0.25) is 0 Å². The van der Waals surface area contributed by atoms with E-state index in [1.54, 1.807) is 6.07 Å². The molecule has 0 unspecified atom stereocenters. The summed E-state index contributed by atoms with van der Waals surface area (Å²) in [6.07, 6.45) is 0.550. The topological polar surface area (TPSA) is 75.7 Å². The second-order valence-electron chi connectivity index (χ2n) is 2.30. The molecule has 0 aromatic carbocycles. The normalized spacial score (nSPS) is 11.6. The van der Waals surface area contributed by atoms with E-state index in [9.17, 15) is 10.1 Å². The Kier molecular flexibility index (Phi) is 2.97. The smallest absolute Gasteiger partial charge is 0.324 e. The van der Waals surface area contributed by atoms with Crippen molar-refractivity contribution in [3.63, 3.8) is 0 Å². The first-order valence-electron chi connectivity index (χ1n) is 3.64. The van der Waals surface area contributed by atoms with Gasteiger partial charge in [0, 0.05) is 6.07 Å². The highest BCUT2D eigenvalue weighted by atomic mass is 32.1. The predicted octanol–water partition coefficient (Wildman–Crippen LogP) is 2.24. The van der Waals surface area contributed by atoms with Crippen molar-refractivity contribution in [3.05, 3.63) is 27.1 Å². The average molecular weight is 200 g/mol. The van der Waals surface area contributed by atoms with Gasteiger partial charge in [0.1, 0.15) is 0 Å². The number of thiophene rings is 1. The molecule has 0 aliphatic heterocycles. The molecule has 0 radical (unpaired) electrons. The Hall–Kier alpha value is -1.43. The number of rotatable bonds is 3. The largest absolute Gasteiger partial charge is 0.411 e. The van der Waals surface area contributed by atoms with Crippen LogP contribution in [0.5, 0.6) is 0 Å². The number of nitro groups is 1. The molecule has 70 valence electrons. The Morgan fingerprint density at radius 2 is 2.46 bits per heavy atom. The fourth-order valence-electron chi connectivity index (χ4n) is 0.875. The molecule has 1 aromatic heterocycles. The van der Waals surface area contributed by atoms with Gasteiger partial charge in [0.25, 0.3) is 0 Å². The minimum Gasteiger partial charge on any atom is -0.411 e. The maximum absolute atomic E-state index is 10.3. The Labute approximate surface area is 78.5 Å². The Morgan fingerprint density at radius 1 is 1.77 bits per heavy atom. The molecule has 1 rings (SSSR count). The van der Waals surface area contributed by atoms with E-state index in [0.29, 0.717) is 17.0 Å². The zero-order valence-electron chi connectivity index (χ0n) is 6.93. The van der Waals surface area contributed by atoms with Crippen LogP contribution in [0.2, 0.25) is 0 Å². The number of hydrogen-bond donors (Lipinski definition) is 1. The molecule has 0 fully saturated rings. The van der Waals surface area contributed by atoms with Crippen LogP contribution < -0.4 is 0 Å². The van der Waals surface area contributed by atoms with Crippen molar-refractivity contribution in [2.45, 2.75) is 13.3 Å². The third-order valence-electron chi connectivity index (χ3n) is 1.51. The molecule has 0 saturated carbocycles. The van der Waals surface area contributed by atoms with Crippen LogP contribution >= 0.6 is 11.3 Å². The lowest BCUT2D eigenvalue weighted by atomic mass is 10.2. The van der Waals surface area contributed by atoms with Crippen LogP contribution in [0.25, 0.3) is 0 Å². The number of nitrogens with zero attached hydrogens (tertiary/aromatic N) is 2. The quantitative estimate of drug-likeness (QED) is 0.352. The van der Waals surface area contributed by atoms with Crippen molar-refractivity contribution < 1.29 is 10.1 Å². The van der Waals surface area contributed by atoms with E-state index in [2.05, 4.69) is 5.16 Å². The van der Waals surface area contributed by atoms with Gasteiger partial charge >= 0.3 is 5.00 Å². The zero-order chi connectivity index (χ0) is 9.84. The van der Waals surface area contributed by atoms with E-state index < -0.39 is 4.92 Å². The summed E-state index contributed by atoms with van der Waals surface area (Å²) < 4.78 is 0. The van der Waals surface area contributed by atoms with Gasteiger partial charge in [0.05, 0.1) is 15.5 Å². The summed E-state index contributed by atoms with van der Waals surface area (Å²) in [5, 5.41) is 22.0. The van der Waals surface area contributed by atoms with Gasteiger partial charge in [-0.25, -0.2) is 0 Å². The van der Waals surface area contributed by atoms with E-state index in [0.717, 1.165) is 11.3 Å². The molecule has 0 amide bonds. The third kappa shape index (κ3) is 2.03. The molecule has 0 bridgehead atoms. The van der Waals surface area contributed by atoms with Crippen LogP contribution in [0.3, 0.4) is 0 Å². The molecule has 0 aliphatic rings. The Morgan fingerprint density at radius 3 is 2.85 bits per heavy atom. The molecule has 0 aliphatic carbocycles. The molecule has 0 saturated heterocycles. The maximum Gasteiger partial charge on any atom is 0.324 e. The average Bonchev–Trinajstić information content (AvgIpc) is 2.56. The van der Waals surface area contributed by atoms with Crippen LogP contribution in [-0.4, -0.2) is 15.8 Å². The molecule has 1 aromatic rings. The fourth-order valence-corrected chi connectivity index (χ4v) is 1.75. The summed E-state index contributed by atoms with van der Waals surface area (Å²) in [6, 6.07) is 2.99. The summed E-state index contributed by atoms with van der Waals surface area (Å²) in [6.45, 7) is 1.82. The van der Waals surface area contributed by atoms with Crippen LogP contribution in [-0.2, 0) is 0 Å². The van der Waals surface area contributed by atoms with Gasteiger partial charge in [-0.1, -0.05) is 23.4 Å². The van der Waals surface area contributed by atoms with E-state index in [1.807, 2.05) is 6.92 Å². The fraction of sp³-hybridized carbons (Fsp3) is 0.286. The molecular weight excluding hydrogens is 192 g/mol. The van der Waals surface area contributed by atoms with Crippen LogP contribution in [0.1, 0.15) is 18.2 Å². The Balaban J connectivity index is 2.97. The molecule has 1 N–H and O–H groups in total. The summed E-state index contributed by atoms with van der Waals surface area (Å²) in [4.78, 5) is 10.5. The van der Waals surface area contributed by atoms with Gasteiger partial charge < -0.3 is 5.21 Å². The van der Waals surface area contributed by atoms with E-state index in [1.165, 1.54) is 6.07 Å². The van der Waals surface area contributed by atoms with Crippen LogP contribution in [0, 0.1) is 10.1 Å². The lowest BCUT2D eigenvalue weighted by molar-refractivity contribution is -0.380. The first-order chi connectivity index (χ1) is 6.19. The monoisotopic (exact) mass is 200 g/mol. The highest BCUT2D eigenvalue weighted by molar-refractivity contribution is 7.17. The van der Waals surface area contributed by atoms with Crippen molar-refractivity contribution in [2.75, 3.05) is 0 Å². The summed E-state index contributed by atoms with van der Waals surface area (Å²) >= 11 is 1.01. The van der Waals surface area contributed by atoms with Gasteiger partial charge in [0.15, 0.2) is 0 Å². The number of oxime groups is 1. The van der Waals surface area contributed by atoms with Gasteiger partial charge in [-0.05, 0) is 12.5 Å². The van der Waals surface area contributed by atoms with Crippen molar-refractivity contribution >= 4 is 22.0 Å². The van der Waals surface area contributed by atoms with Crippen molar-refractivity contribution in [2.24, 2.45) is 5.16 Å². The highest BCUT2D eigenvalue weighted by Crippen LogP contribution is 2.25. The molecular formula is C7H8N2O3S. The summed E-state index contributed by atoms with van der Waals surface area (Å²) in [5.74, 6) is 0. The Bertz CT molecular complexity index is 345. The molecule has 0 spiro atoms. The van der Waals surface area contributed by atoms with Crippen LogP contribution in [0.4, 0.5) is 5.00 Å². The standard InChI is InChI=1S/C7H8N2O3S/c1-2-5(8-10)6-3-4-7(13-6)9(11)12/h3-4,10H,2H2,1H3. The SMILES string of the molecule is CCC(=NO)c1ccc([N+](=O)[O-])s1. The highest BCUT2D eigenvalue weighted by Gasteiger charge is 2.12. The lowest BCUT2D eigenvalue weighted by Crippen LogP contribution is -1.94. The van der Waals surface area contributed by atoms with Gasteiger partial charge in [-0.3, -0.25) is 10.1 Å². The lowest BCUT2D eigenvalue weighted by Gasteiger charge is -1.93. The van der Waals surface area contributed by atoms with Gasteiger partial charge in [-0.15, -0.1) is 0 Å². The van der Waals surface area contributed by atoms with Crippen LogP contribution in [0.15, 0.2) is 17.3 Å². The molecule has 6 heteroatoms. The summed E-state index contributed by atoms with van der Waals surface area (Å²) in [5.41, 5.74) is 0.470. The maximum atomic E-state index is 10.3. The molecule has 5 nitrogen and oxygen atoms in total. The van der Waals surface area contributed by atoms with Crippen molar-refractivity contribution in [1.29, 1.82) is 0 Å². The number of hydrogen-bond acceptors (Lipinski definition) is 5. The van der Waals surface area contributed by atoms with Crippen molar-refractivity contribution in [3.8, 4) is 0 Å². The second-order valence-corrected chi connectivity index (χ2v) is 3.36. The van der Waals surface area contributed by atoms with E-state index in [-0.39, 0.29) is 5.00 Å². The van der Waals surface area contributed by atoms with Gasteiger partial charge in [-0.2, -0.15) is 0 Å². The van der Waals surface area contributed by atoms with Crippen molar-refractivity contribution in [1.82, 2.24) is 0 Å². The second kappa shape index (κ2) is 3.99.